The fourth-order valence-corrected chi connectivity index (χ4v) is 1.34. The number of hydrogen-bond acceptors (Lipinski definition) is 3. The number of rotatable bonds is 3. The van der Waals surface area contributed by atoms with E-state index in [4.69, 9.17) is 11.6 Å². The van der Waals surface area contributed by atoms with E-state index in [1.54, 1.807) is 6.20 Å². The molecule has 0 aromatic carbocycles. The molecule has 0 bridgehead atoms. The first kappa shape index (κ1) is 9.93. The number of nitrogens with zero attached hydrogens (tertiary/aromatic N) is 2. The van der Waals surface area contributed by atoms with Crippen LogP contribution in [-0.2, 0) is 5.88 Å². The van der Waals surface area contributed by atoms with Crippen molar-refractivity contribution in [1.82, 2.24) is 9.97 Å². The van der Waals surface area contributed by atoms with Gasteiger partial charge in [-0.1, -0.05) is 12.1 Å². The molecule has 0 aliphatic heterocycles. The SMILES string of the molecule is ClCc1cccc(Nc2ccccn2)n1. The summed E-state index contributed by atoms with van der Waals surface area (Å²) in [5.41, 5.74) is 0.845. The van der Waals surface area contributed by atoms with Gasteiger partial charge in [0.05, 0.1) is 11.6 Å². The van der Waals surface area contributed by atoms with Crippen molar-refractivity contribution in [2.24, 2.45) is 0 Å². The molecule has 4 heteroatoms. The van der Waals surface area contributed by atoms with Gasteiger partial charge in [0.25, 0.3) is 0 Å². The number of halogens is 1. The van der Waals surface area contributed by atoms with Crippen LogP contribution < -0.4 is 5.32 Å². The van der Waals surface area contributed by atoms with Gasteiger partial charge in [0.15, 0.2) is 0 Å². The Morgan fingerprint density at radius 2 is 1.93 bits per heavy atom. The van der Waals surface area contributed by atoms with Crippen LogP contribution in [-0.4, -0.2) is 9.97 Å². The van der Waals surface area contributed by atoms with Crippen molar-refractivity contribution in [2.45, 2.75) is 5.88 Å². The van der Waals surface area contributed by atoms with Crippen LogP contribution in [0.2, 0.25) is 0 Å². The Hall–Kier alpha value is -1.61. The molecule has 0 saturated heterocycles. The first-order chi connectivity index (χ1) is 7.38. The van der Waals surface area contributed by atoms with Gasteiger partial charge in [-0.3, -0.25) is 0 Å². The van der Waals surface area contributed by atoms with Gasteiger partial charge in [-0.25, -0.2) is 9.97 Å². The van der Waals surface area contributed by atoms with E-state index in [9.17, 15) is 0 Å². The lowest BCUT2D eigenvalue weighted by atomic mass is 10.3. The minimum atomic E-state index is 0.414. The van der Waals surface area contributed by atoms with Gasteiger partial charge in [0.2, 0.25) is 0 Å². The molecular formula is C11H10ClN3. The standard InChI is InChI=1S/C11H10ClN3/c12-8-9-4-3-6-11(14-9)15-10-5-1-2-7-13-10/h1-7H,8H2,(H,13,14,15). The second-order valence-corrected chi connectivity index (χ2v) is 3.26. The van der Waals surface area contributed by atoms with Crippen molar-refractivity contribution in [3.8, 4) is 0 Å². The summed E-state index contributed by atoms with van der Waals surface area (Å²) in [6, 6.07) is 11.3. The average molecular weight is 220 g/mol. The predicted octanol–water partition coefficient (Wildman–Crippen LogP) is 2.96. The van der Waals surface area contributed by atoms with Crippen LogP contribution in [0.25, 0.3) is 0 Å². The smallest absolute Gasteiger partial charge is 0.131 e. The monoisotopic (exact) mass is 219 g/mol. The van der Waals surface area contributed by atoms with Gasteiger partial charge in [0.1, 0.15) is 11.6 Å². The third-order valence-electron chi connectivity index (χ3n) is 1.86. The van der Waals surface area contributed by atoms with Gasteiger partial charge in [-0.2, -0.15) is 0 Å². The Bertz CT molecular complexity index is 431. The molecule has 0 radical (unpaired) electrons. The lowest BCUT2D eigenvalue weighted by Crippen LogP contribution is -1.96. The minimum Gasteiger partial charge on any atom is -0.325 e. The van der Waals surface area contributed by atoms with E-state index in [1.807, 2.05) is 36.4 Å². The quantitative estimate of drug-likeness (QED) is 0.807. The van der Waals surface area contributed by atoms with E-state index in [2.05, 4.69) is 15.3 Å². The number of nitrogens with one attached hydrogen (secondary N) is 1. The normalized spacial score (nSPS) is 9.93. The molecule has 3 nitrogen and oxygen atoms in total. The zero-order valence-corrected chi connectivity index (χ0v) is 8.78. The molecule has 2 aromatic rings. The average Bonchev–Trinajstić information content (AvgIpc) is 2.31. The maximum absolute atomic E-state index is 5.70. The zero-order chi connectivity index (χ0) is 10.5. The fourth-order valence-electron chi connectivity index (χ4n) is 1.19. The van der Waals surface area contributed by atoms with Crippen LogP contribution in [0.4, 0.5) is 11.6 Å². The Morgan fingerprint density at radius 1 is 1.07 bits per heavy atom. The van der Waals surface area contributed by atoms with Crippen molar-refractivity contribution in [3.05, 3.63) is 48.3 Å². The Labute approximate surface area is 93.1 Å². The number of pyridine rings is 2. The summed E-state index contributed by atoms with van der Waals surface area (Å²) in [5.74, 6) is 1.95. The van der Waals surface area contributed by atoms with E-state index in [0.29, 0.717) is 5.88 Å². The number of aromatic nitrogens is 2. The highest BCUT2D eigenvalue weighted by atomic mass is 35.5. The van der Waals surface area contributed by atoms with Crippen molar-refractivity contribution < 1.29 is 0 Å². The Morgan fingerprint density at radius 3 is 2.67 bits per heavy atom. The third-order valence-corrected chi connectivity index (χ3v) is 2.14. The van der Waals surface area contributed by atoms with Crippen LogP contribution in [0.15, 0.2) is 42.6 Å². The van der Waals surface area contributed by atoms with Gasteiger partial charge in [-0.15, -0.1) is 11.6 Å². The maximum Gasteiger partial charge on any atom is 0.131 e. The van der Waals surface area contributed by atoms with Crippen LogP contribution in [0.3, 0.4) is 0 Å². The fraction of sp³-hybridized carbons (Fsp3) is 0.0909. The summed E-state index contributed by atoms with van der Waals surface area (Å²) in [6.07, 6.45) is 1.73. The highest BCUT2D eigenvalue weighted by Gasteiger charge is 1.97. The van der Waals surface area contributed by atoms with Crippen LogP contribution >= 0.6 is 11.6 Å². The van der Waals surface area contributed by atoms with Gasteiger partial charge in [0, 0.05) is 6.20 Å². The number of hydrogen-bond donors (Lipinski definition) is 1. The molecule has 0 saturated carbocycles. The molecule has 2 aromatic heterocycles. The highest BCUT2D eigenvalue weighted by Crippen LogP contribution is 2.12. The molecular weight excluding hydrogens is 210 g/mol. The van der Waals surface area contributed by atoms with E-state index in [1.165, 1.54) is 0 Å². The summed E-state index contributed by atoms with van der Waals surface area (Å²) >= 11 is 5.70. The maximum atomic E-state index is 5.70. The molecule has 0 unspecified atom stereocenters. The lowest BCUT2D eigenvalue weighted by molar-refractivity contribution is 1.16. The van der Waals surface area contributed by atoms with E-state index < -0.39 is 0 Å². The molecule has 76 valence electrons. The van der Waals surface area contributed by atoms with Gasteiger partial charge >= 0.3 is 0 Å². The molecule has 0 fully saturated rings. The summed E-state index contributed by atoms with van der Waals surface area (Å²) in [6.45, 7) is 0. The molecule has 2 heterocycles. The molecule has 0 atom stereocenters. The van der Waals surface area contributed by atoms with Crippen LogP contribution in [0, 0.1) is 0 Å². The Balaban J connectivity index is 2.17. The van der Waals surface area contributed by atoms with Crippen molar-refractivity contribution in [2.75, 3.05) is 5.32 Å². The summed E-state index contributed by atoms with van der Waals surface area (Å²) in [5, 5.41) is 3.10. The van der Waals surface area contributed by atoms with Gasteiger partial charge < -0.3 is 5.32 Å². The molecule has 0 aliphatic rings. The van der Waals surface area contributed by atoms with E-state index in [-0.39, 0.29) is 0 Å². The Kier molecular flexibility index (Phi) is 3.15. The number of anilines is 2. The summed E-state index contributed by atoms with van der Waals surface area (Å²) < 4.78 is 0. The molecule has 0 spiro atoms. The predicted molar refractivity (Wildman–Crippen MR) is 61.3 cm³/mol. The molecule has 2 rings (SSSR count). The van der Waals surface area contributed by atoms with Crippen molar-refractivity contribution >= 4 is 23.2 Å². The van der Waals surface area contributed by atoms with Gasteiger partial charge in [-0.05, 0) is 24.3 Å². The summed E-state index contributed by atoms with van der Waals surface area (Å²) in [4.78, 5) is 8.45. The topological polar surface area (TPSA) is 37.8 Å². The van der Waals surface area contributed by atoms with E-state index in [0.717, 1.165) is 17.3 Å². The first-order valence-corrected chi connectivity index (χ1v) is 5.12. The van der Waals surface area contributed by atoms with E-state index >= 15 is 0 Å². The lowest BCUT2D eigenvalue weighted by Gasteiger charge is -2.04. The van der Waals surface area contributed by atoms with Crippen molar-refractivity contribution in [1.29, 1.82) is 0 Å². The third kappa shape index (κ3) is 2.67. The zero-order valence-electron chi connectivity index (χ0n) is 8.02. The molecule has 15 heavy (non-hydrogen) atoms. The summed E-state index contributed by atoms with van der Waals surface area (Å²) in [7, 11) is 0. The molecule has 0 amide bonds. The van der Waals surface area contributed by atoms with Crippen molar-refractivity contribution in [3.63, 3.8) is 0 Å². The largest absolute Gasteiger partial charge is 0.325 e. The second-order valence-electron chi connectivity index (χ2n) is 2.99. The molecule has 1 N–H and O–H groups in total. The second kappa shape index (κ2) is 4.75. The first-order valence-electron chi connectivity index (χ1n) is 4.58. The highest BCUT2D eigenvalue weighted by molar-refractivity contribution is 6.16. The number of alkyl halides is 1. The van der Waals surface area contributed by atoms with Crippen LogP contribution in [0.1, 0.15) is 5.69 Å². The molecule has 0 aliphatic carbocycles. The minimum absolute atomic E-state index is 0.414. The van der Waals surface area contributed by atoms with Crippen LogP contribution in [0.5, 0.6) is 0 Å².